The predicted octanol–water partition coefficient (Wildman–Crippen LogP) is 3.70. The van der Waals surface area contributed by atoms with Crippen LogP contribution in [0.1, 0.15) is 18.2 Å². The number of aromatic nitrogens is 2. The van der Waals surface area contributed by atoms with Gasteiger partial charge in [-0.25, -0.2) is 0 Å². The molecule has 0 bridgehead atoms. The molecular weight excluding hydrogens is 335 g/mol. The van der Waals surface area contributed by atoms with E-state index in [0.29, 0.717) is 11.8 Å². The van der Waals surface area contributed by atoms with Gasteiger partial charge in [-0.2, -0.15) is 0 Å². The fourth-order valence-electron chi connectivity index (χ4n) is 0.934. The van der Waals surface area contributed by atoms with Crippen LogP contribution in [0.3, 0.4) is 0 Å². The molecule has 0 N–H and O–H groups in total. The van der Waals surface area contributed by atoms with Gasteiger partial charge < -0.3 is 4.42 Å². The highest BCUT2D eigenvalue weighted by molar-refractivity contribution is 14.1. The number of rotatable bonds is 2. The maximum Gasteiger partial charge on any atom is 0.248 e. The van der Waals surface area contributed by atoms with Crippen LogP contribution in [0.15, 0.2) is 15.9 Å². The number of halogens is 2. The summed E-state index contributed by atoms with van der Waals surface area (Å²) in [6.07, 6.45) is 0. The molecule has 74 valence electrons. The molecule has 2 heterocycles. The number of nitrogens with zero attached hydrogens (tertiary/aromatic N) is 2. The Balaban J connectivity index is 2.33. The summed E-state index contributed by atoms with van der Waals surface area (Å²) < 4.78 is 6.58. The lowest BCUT2D eigenvalue weighted by molar-refractivity contribution is 0.507. The smallest absolute Gasteiger partial charge is 0.248 e. The number of hydrogen-bond donors (Lipinski definition) is 0. The Morgan fingerprint density at radius 1 is 1.57 bits per heavy atom. The Morgan fingerprint density at radius 2 is 2.36 bits per heavy atom. The molecule has 2 rings (SSSR count). The summed E-state index contributed by atoms with van der Waals surface area (Å²) >= 11 is 9.71. The average molecular weight is 341 g/mol. The van der Waals surface area contributed by atoms with Crippen molar-refractivity contribution in [3.05, 3.63) is 20.2 Å². The summed E-state index contributed by atoms with van der Waals surface area (Å²) in [5.41, 5.74) is 0.954. The highest BCUT2D eigenvalue weighted by atomic mass is 127. The number of alkyl halides is 1. The summed E-state index contributed by atoms with van der Waals surface area (Å²) in [5.74, 6) is 0.995. The second-order valence-electron chi connectivity index (χ2n) is 2.70. The summed E-state index contributed by atoms with van der Waals surface area (Å²) in [6.45, 7) is 1.80. The van der Waals surface area contributed by atoms with E-state index >= 15 is 0 Å². The third kappa shape index (κ3) is 2.09. The molecular formula is C8H6ClIN2OS. The molecule has 0 aliphatic heterocycles. The Bertz CT molecular complexity index is 440. The van der Waals surface area contributed by atoms with Crippen molar-refractivity contribution in [3.8, 4) is 11.5 Å². The summed E-state index contributed by atoms with van der Waals surface area (Å²) in [4.78, 5) is 0. The van der Waals surface area contributed by atoms with E-state index in [1.165, 1.54) is 2.88 Å². The SMILES string of the molecule is CC(Cl)c1nnc(-c2csc(I)c2)o1. The molecule has 2 aromatic heterocycles. The predicted molar refractivity (Wildman–Crippen MR) is 64.6 cm³/mol. The monoisotopic (exact) mass is 340 g/mol. The minimum absolute atomic E-state index is 0.242. The Hall–Kier alpha value is -0.140. The van der Waals surface area contributed by atoms with Gasteiger partial charge in [-0.05, 0) is 35.6 Å². The molecule has 6 heteroatoms. The minimum atomic E-state index is -0.242. The van der Waals surface area contributed by atoms with Crippen LogP contribution in [-0.4, -0.2) is 10.2 Å². The van der Waals surface area contributed by atoms with Crippen molar-refractivity contribution in [1.82, 2.24) is 10.2 Å². The topological polar surface area (TPSA) is 38.9 Å². The lowest BCUT2D eigenvalue weighted by Crippen LogP contribution is -1.81. The van der Waals surface area contributed by atoms with Crippen molar-refractivity contribution in [2.75, 3.05) is 0 Å². The molecule has 0 aromatic carbocycles. The van der Waals surface area contributed by atoms with Crippen LogP contribution in [0.2, 0.25) is 0 Å². The van der Waals surface area contributed by atoms with E-state index in [2.05, 4.69) is 32.8 Å². The van der Waals surface area contributed by atoms with Gasteiger partial charge in [0.25, 0.3) is 0 Å². The number of hydrogen-bond acceptors (Lipinski definition) is 4. The van der Waals surface area contributed by atoms with Crippen LogP contribution in [0.5, 0.6) is 0 Å². The molecule has 1 atom stereocenters. The van der Waals surface area contributed by atoms with Gasteiger partial charge in [-0.15, -0.1) is 33.1 Å². The molecule has 0 aliphatic carbocycles. The van der Waals surface area contributed by atoms with E-state index in [9.17, 15) is 0 Å². The fraction of sp³-hybridized carbons (Fsp3) is 0.250. The molecule has 2 aromatic rings. The van der Waals surface area contributed by atoms with Crippen LogP contribution in [0.25, 0.3) is 11.5 Å². The Morgan fingerprint density at radius 3 is 2.86 bits per heavy atom. The van der Waals surface area contributed by atoms with Gasteiger partial charge in [0, 0.05) is 5.38 Å². The molecule has 3 nitrogen and oxygen atoms in total. The van der Waals surface area contributed by atoms with Gasteiger partial charge in [-0.1, -0.05) is 0 Å². The molecule has 0 fully saturated rings. The van der Waals surface area contributed by atoms with E-state index in [4.69, 9.17) is 16.0 Å². The molecule has 0 spiro atoms. The third-order valence-electron chi connectivity index (χ3n) is 1.60. The van der Waals surface area contributed by atoms with Crippen LogP contribution in [-0.2, 0) is 0 Å². The molecule has 0 saturated carbocycles. The highest BCUT2D eigenvalue weighted by Crippen LogP contribution is 2.27. The third-order valence-corrected chi connectivity index (χ3v) is 3.57. The lowest BCUT2D eigenvalue weighted by atomic mass is 10.3. The largest absolute Gasteiger partial charge is 0.419 e. The zero-order chi connectivity index (χ0) is 10.1. The van der Waals surface area contributed by atoms with Gasteiger partial charge in [-0.3, -0.25) is 0 Å². The zero-order valence-corrected chi connectivity index (χ0v) is 10.9. The van der Waals surface area contributed by atoms with Crippen molar-refractivity contribution in [3.63, 3.8) is 0 Å². The first-order chi connectivity index (χ1) is 6.66. The van der Waals surface area contributed by atoms with Gasteiger partial charge in [0.05, 0.1) is 8.45 Å². The van der Waals surface area contributed by atoms with Crippen molar-refractivity contribution in [2.24, 2.45) is 0 Å². The number of thiophene rings is 1. The molecule has 0 radical (unpaired) electrons. The van der Waals surface area contributed by atoms with Gasteiger partial charge in [0.1, 0.15) is 5.38 Å². The molecule has 14 heavy (non-hydrogen) atoms. The van der Waals surface area contributed by atoms with E-state index < -0.39 is 0 Å². The van der Waals surface area contributed by atoms with Gasteiger partial charge >= 0.3 is 0 Å². The lowest BCUT2D eigenvalue weighted by Gasteiger charge is -1.91. The summed E-state index contributed by atoms with van der Waals surface area (Å²) in [7, 11) is 0. The summed E-state index contributed by atoms with van der Waals surface area (Å²) in [6, 6.07) is 2.00. The second-order valence-corrected chi connectivity index (χ2v) is 6.16. The Labute approximate surface area is 104 Å². The van der Waals surface area contributed by atoms with Crippen molar-refractivity contribution in [1.29, 1.82) is 0 Å². The van der Waals surface area contributed by atoms with Crippen LogP contribution < -0.4 is 0 Å². The van der Waals surface area contributed by atoms with Crippen LogP contribution in [0.4, 0.5) is 0 Å². The van der Waals surface area contributed by atoms with Crippen molar-refractivity contribution < 1.29 is 4.42 Å². The standard InChI is InChI=1S/C8H6ClIN2OS/c1-4(9)7-11-12-8(13-7)5-2-6(10)14-3-5/h2-4H,1H3. The Kier molecular flexibility index (Phi) is 3.08. The van der Waals surface area contributed by atoms with Crippen molar-refractivity contribution >= 4 is 45.5 Å². The molecule has 0 amide bonds. The van der Waals surface area contributed by atoms with E-state index in [0.717, 1.165) is 5.56 Å². The van der Waals surface area contributed by atoms with Gasteiger partial charge in [0.2, 0.25) is 11.8 Å². The maximum absolute atomic E-state index is 5.81. The van der Waals surface area contributed by atoms with Crippen molar-refractivity contribution in [2.45, 2.75) is 12.3 Å². The first kappa shape index (κ1) is 10.4. The molecule has 0 aliphatic rings. The van der Waals surface area contributed by atoms with Gasteiger partial charge in [0.15, 0.2) is 0 Å². The van der Waals surface area contributed by atoms with E-state index in [1.807, 2.05) is 11.4 Å². The minimum Gasteiger partial charge on any atom is -0.419 e. The molecule has 1 unspecified atom stereocenters. The quantitative estimate of drug-likeness (QED) is 0.618. The fourth-order valence-corrected chi connectivity index (χ4v) is 2.34. The normalized spacial score (nSPS) is 13.1. The average Bonchev–Trinajstić information content (AvgIpc) is 2.70. The first-order valence-electron chi connectivity index (χ1n) is 3.88. The van der Waals surface area contributed by atoms with Crippen LogP contribution >= 0.6 is 45.5 Å². The highest BCUT2D eigenvalue weighted by Gasteiger charge is 2.13. The first-order valence-corrected chi connectivity index (χ1v) is 6.28. The second kappa shape index (κ2) is 4.16. The van der Waals surface area contributed by atoms with E-state index in [1.54, 1.807) is 18.3 Å². The summed E-state index contributed by atoms with van der Waals surface area (Å²) in [5, 5.41) is 9.52. The van der Waals surface area contributed by atoms with Crippen LogP contribution in [0, 0.1) is 2.88 Å². The maximum atomic E-state index is 5.81. The van der Waals surface area contributed by atoms with E-state index in [-0.39, 0.29) is 5.38 Å². The molecule has 0 saturated heterocycles. The zero-order valence-electron chi connectivity index (χ0n) is 7.20.